The van der Waals surface area contributed by atoms with Gasteiger partial charge in [-0.15, -0.1) is 0 Å². The molecular weight excluding hydrogens is 344 g/mol. The summed E-state index contributed by atoms with van der Waals surface area (Å²) >= 11 is 2.06. The largest absolute Gasteiger partial charge is 0.379 e. The Labute approximate surface area is 162 Å². The van der Waals surface area contributed by atoms with Crippen molar-refractivity contribution in [3.8, 4) is 0 Å². The van der Waals surface area contributed by atoms with Crippen LogP contribution in [-0.4, -0.2) is 73.8 Å². The van der Waals surface area contributed by atoms with Crippen molar-refractivity contribution in [1.82, 2.24) is 15.5 Å². The highest BCUT2D eigenvalue weighted by Gasteiger charge is 2.40. The summed E-state index contributed by atoms with van der Waals surface area (Å²) in [6, 6.07) is 10.6. The van der Waals surface area contributed by atoms with Crippen molar-refractivity contribution in [3.63, 3.8) is 0 Å². The quantitative estimate of drug-likeness (QED) is 0.563. The molecule has 0 aromatic heterocycles. The smallest absolute Gasteiger partial charge is 0.191 e. The van der Waals surface area contributed by atoms with E-state index in [0.29, 0.717) is 0 Å². The van der Waals surface area contributed by atoms with Crippen molar-refractivity contribution in [1.29, 1.82) is 0 Å². The molecule has 144 valence electrons. The SMILES string of the molecule is CCNC(=NCC1(N2CCOCC2)CCSC1)NCCc1ccccc1. The first-order valence-electron chi connectivity index (χ1n) is 9.79. The molecule has 6 heteroatoms. The highest BCUT2D eigenvalue weighted by atomic mass is 32.2. The van der Waals surface area contributed by atoms with Crippen LogP contribution in [0.4, 0.5) is 0 Å². The van der Waals surface area contributed by atoms with Gasteiger partial charge in [0.15, 0.2) is 5.96 Å². The maximum absolute atomic E-state index is 5.55. The van der Waals surface area contributed by atoms with Gasteiger partial charge in [0.1, 0.15) is 0 Å². The van der Waals surface area contributed by atoms with Gasteiger partial charge in [-0.1, -0.05) is 30.3 Å². The number of benzene rings is 1. The Bertz CT molecular complexity index is 554. The number of hydrogen-bond acceptors (Lipinski definition) is 4. The van der Waals surface area contributed by atoms with E-state index in [1.165, 1.54) is 23.5 Å². The first-order valence-corrected chi connectivity index (χ1v) is 10.9. The third kappa shape index (κ3) is 5.38. The number of hydrogen-bond donors (Lipinski definition) is 2. The minimum atomic E-state index is 0.205. The third-order valence-corrected chi connectivity index (χ3v) is 6.42. The van der Waals surface area contributed by atoms with Crippen LogP contribution >= 0.6 is 11.8 Å². The van der Waals surface area contributed by atoms with Gasteiger partial charge in [-0.25, -0.2) is 0 Å². The first-order chi connectivity index (χ1) is 12.8. The van der Waals surface area contributed by atoms with Gasteiger partial charge in [-0.2, -0.15) is 11.8 Å². The van der Waals surface area contributed by atoms with E-state index in [-0.39, 0.29) is 5.54 Å². The van der Waals surface area contributed by atoms with Crippen LogP contribution in [0.15, 0.2) is 35.3 Å². The van der Waals surface area contributed by atoms with Gasteiger partial charge in [0.25, 0.3) is 0 Å². The van der Waals surface area contributed by atoms with Crippen LogP contribution in [-0.2, 0) is 11.2 Å². The summed E-state index contributed by atoms with van der Waals surface area (Å²) < 4.78 is 5.55. The molecule has 2 saturated heterocycles. The second-order valence-corrected chi connectivity index (χ2v) is 8.09. The number of ether oxygens (including phenoxy) is 1. The van der Waals surface area contributed by atoms with E-state index in [9.17, 15) is 0 Å². The Morgan fingerprint density at radius 1 is 1.23 bits per heavy atom. The number of aliphatic imine (C=N–C) groups is 1. The van der Waals surface area contributed by atoms with Gasteiger partial charge >= 0.3 is 0 Å². The van der Waals surface area contributed by atoms with Crippen molar-refractivity contribution < 1.29 is 4.74 Å². The zero-order chi connectivity index (χ0) is 18.1. The van der Waals surface area contributed by atoms with E-state index in [1.807, 2.05) is 0 Å². The topological polar surface area (TPSA) is 48.9 Å². The van der Waals surface area contributed by atoms with Gasteiger partial charge in [-0.05, 0) is 31.1 Å². The molecule has 1 unspecified atom stereocenters. The Balaban J connectivity index is 1.57. The predicted octanol–water partition coefficient (Wildman–Crippen LogP) is 1.99. The number of rotatable bonds is 7. The number of guanidine groups is 1. The molecule has 2 fully saturated rings. The Morgan fingerprint density at radius 3 is 2.73 bits per heavy atom. The van der Waals surface area contributed by atoms with E-state index < -0.39 is 0 Å². The van der Waals surface area contributed by atoms with Gasteiger partial charge in [0, 0.05) is 31.9 Å². The molecule has 5 nitrogen and oxygen atoms in total. The van der Waals surface area contributed by atoms with Crippen LogP contribution < -0.4 is 10.6 Å². The molecule has 2 heterocycles. The Kier molecular flexibility index (Phi) is 7.65. The summed E-state index contributed by atoms with van der Waals surface area (Å²) in [4.78, 5) is 7.59. The van der Waals surface area contributed by atoms with Crippen molar-refractivity contribution in [2.24, 2.45) is 4.99 Å². The molecule has 1 aromatic rings. The highest BCUT2D eigenvalue weighted by Crippen LogP contribution is 2.34. The fraction of sp³-hybridized carbons (Fsp3) is 0.650. The standard InChI is InChI=1S/C20H32N4OS/c1-2-21-19(22-10-8-18-6-4-3-5-7-18)23-16-20(9-15-26-17-20)24-11-13-25-14-12-24/h3-7H,2,8-17H2,1H3,(H2,21,22,23). The summed E-state index contributed by atoms with van der Waals surface area (Å²) in [6.45, 7) is 8.54. The van der Waals surface area contributed by atoms with Crippen molar-refractivity contribution >= 4 is 17.7 Å². The maximum atomic E-state index is 5.55. The molecule has 3 rings (SSSR count). The van der Waals surface area contributed by atoms with Crippen molar-refractivity contribution in [2.45, 2.75) is 25.3 Å². The average Bonchev–Trinajstić information content (AvgIpc) is 3.18. The number of nitrogens with one attached hydrogen (secondary N) is 2. The highest BCUT2D eigenvalue weighted by molar-refractivity contribution is 7.99. The maximum Gasteiger partial charge on any atom is 0.191 e. The summed E-state index contributed by atoms with van der Waals surface area (Å²) in [5.74, 6) is 3.36. The second-order valence-electron chi connectivity index (χ2n) is 6.98. The van der Waals surface area contributed by atoms with Gasteiger partial charge in [0.2, 0.25) is 0 Å². The minimum Gasteiger partial charge on any atom is -0.379 e. The molecule has 0 aliphatic carbocycles. The normalized spacial score (nSPS) is 24.6. The molecule has 0 amide bonds. The molecule has 2 aliphatic heterocycles. The second kappa shape index (κ2) is 10.2. The summed E-state index contributed by atoms with van der Waals surface area (Å²) in [5, 5.41) is 6.90. The van der Waals surface area contributed by atoms with Gasteiger partial charge in [0.05, 0.1) is 25.3 Å². The molecule has 1 aromatic carbocycles. The predicted molar refractivity (Wildman–Crippen MR) is 111 cm³/mol. The first kappa shape index (κ1) is 19.5. The molecule has 0 spiro atoms. The number of thioether (sulfide) groups is 1. The fourth-order valence-corrected chi connectivity index (χ4v) is 5.11. The third-order valence-electron chi connectivity index (χ3n) is 5.19. The van der Waals surface area contributed by atoms with Crippen LogP contribution in [0.3, 0.4) is 0 Å². The summed E-state index contributed by atoms with van der Waals surface area (Å²) in [7, 11) is 0. The zero-order valence-corrected chi connectivity index (χ0v) is 16.7. The van der Waals surface area contributed by atoms with Crippen molar-refractivity contribution in [2.75, 3.05) is 57.4 Å². The van der Waals surface area contributed by atoms with Crippen molar-refractivity contribution in [3.05, 3.63) is 35.9 Å². The van der Waals surface area contributed by atoms with Crippen LogP contribution in [0, 0.1) is 0 Å². The molecule has 2 N–H and O–H groups in total. The number of nitrogens with zero attached hydrogens (tertiary/aromatic N) is 2. The number of morpholine rings is 1. The molecule has 2 aliphatic rings. The molecule has 26 heavy (non-hydrogen) atoms. The molecule has 0 radical (unpaired) electrons. The lowest BCUT2D eigenvalue weighted by Gasteiger charge is -2.42. The molecule has 0 saturated carbocycles. The average molecular weight is 377 g/mol. The van der Waals surface area contributed by atoms with E-state index in [4.69, 9.17) is 9.73 Å². The Hall–Kier alpha value is -1.24. The Morgan fingerprint density at radius 2 is 2.04 bits per heavy atom. The lowest BCUT2D eigenvalue weighted by atomic mass is 9.96. The van der Waals surface area contributed by atoms with E-state index in [1.54, 1.807) is 0 Å². The molecule has 0 bridgehead atoms. The zero-order valence-electron chi connectivity index (χ0n) is 15.9. The lowest BCUT2D eigenvalue weighted by molar-refractivity contribution is -0.0104. The fourth-order valence-electron chi connectivity index (χ4n) is 3.65. The van der Waals surface area contributed by atoms with Gasteiger partial charge in [-0.3, -0.25) is 9.89 Å². The lowest BCUT2D eigenvalue weighted by Crippen LogP contribution is -2.56. The summed E-state index contributed by atoms with van der Waals surface area (Å²) in [5.41, 5.74) is 1.56. The molecular formula is C20H32N4OS. The van der Waals surface area contributed by atoms with Gasteiger partial charge < -0.3 is 15.4 Å². The monoisotopic (exact) mass is 376 g/mol. The van der Waals surface area contributed by atoms with Crippen LogP contribution in [0.2, 0.25) is 0 Å². The van der Waals surface area contributed by atoms with E-state index >= 15 is 0 Å². The van der Waals surface area contributed by atoms with E-state index in [2.05, 4.69) is 64.6 Å². The minimum absolute atomic E-state index is 0.205. The van der Waals surface area contributed by atoms with Crippen LogP contribution in [0.5, 0.6) is 0 Å². The summed E-state index contributed by atoms with van der Waals surface area (Å²) in [6.07, 6.45) is 2.24. The molecule has 1 atom stereocenters. The van der Waals surface area contributed by atoms with Crippen LogP contribution in [0.25, 0.3) is 0 Å². The van der Waals surface area contributed by atoms with Crippen LogP contribution in [0.1, 0.15) is 18.9 Å². The van der Waals surface area contributed by atoms with E-state index in [0.717, 1.165) is 58.3 Å².